The fourth-order valence-corrected chi connectivity index (χ4v) is 4.78. The second kappa shape index (κ2) is 19.2. The Morgan fingerprint density at radius 1 is 0.925 bits per heavy atom. The van der Waals surface area contributed by atoms with Crippen molar-refractivity contribution in [2.45, 2.75) is 83.5 Å². The average Bonchev–Trinajstić information content (AvgIpc) is 3.06. The number of alkyl halides is 6. The van der Waals surface area contributed by atoms with Gasteiger partial charge in [0.05, 0.1) is 17.6 Å². The summed E-state index contributed by atoms with van der Waals surface area (Å²) in [6.45, 7) is 5.80. The third kappa shape index (κ3) is 14.5. The van der Waals surface area contributed by atoms with Crippen molar-refractivity contribution in [3.05, 3.63) is 65.5 Å². The molecule has 2 aromatic carbocycles. The number of aromatic nitrogens is 2. The molecule has 53 heavy (non-hydrogen) atoms. The number of amides is 1. The number of hydrogen-bond donors (Lipinski definition) is 6. The Morgan fingerprint density at radius 3 is 2.02 bits per heavy atom. The predicted octanol–water partition coefficient (Wildman–Crippen LogP) is 4.70. The monoisotopic (exact) mass is 759 g/mol. The van der Waals surface area contributed by atoms with Crippen LogP contribution in [0.15, 0.2) is 53.5 Å². The molecule has 1 aliphatic carbocycles. The number of guanidine groups is 1. The molecule has 0 bridgehead atoms. The summed E-state index contributed by atoms with van der Waals surface area (Å²) in [4.78, 5) is 57.6. The summed E-state index contributed by atoms with van der Waals surface area (Å²) in [6, 6.07) is 14.2. The number of carbonyl (C=O) groups is 4. The summed E-state index contributed by atoms with van der Waals surface area (Å²) < 4.78 is 69.0. The number of nitrogens with two attached hydrogens (primary N) is 2. The first-order valence-corrected chi connectivity index (χ1v) is 15.9. The molecule has 1 fully saturated rings. The summed E-state index contributed by atoms with van der Waals surface area (Å²) in [5.41, 5.74) is 13.9. The van der Waals surface area contributed by atoms with Gasteiger partial charge in [0.25, 0.3) is 5.91 Å². The highest BCUT2D eigenvalue weighted by molar-refractivity contribution is 5.98. The minimum Gasteiger partial charge on any atom is -0.475 e. The van der Waals surface area contributed by atoms with E-state index in [-0.39, 0.29) is 36.4 Å². The number of fused-ring (bicyclic) bond motifs is 1. The van der Waals surface area contributed by atoms with Crippen molar-refractivity contribution in [2.75, 3.05) is 5.32 Å². The summed E-state index contributed by atoms with van der Waals surface area (Å²) in [5.74, 6) is -6.25. The number of esters is 1. The number of nitrogens with one attached hydrogen (secondary N) is 2. The molecule has 1 heterocycles. The number of hydrogen-bond acceptors (Lipinski definition) is 9. The van der Waals surface area contributed by atoms with E-state index in [1.807, 2.05) is 69.3 Å². The number of halogens is 6. The summed E-state index contributed by atoms with van der Waals surface area (Å²) in [6.07, 6.45) is -6.38. The number of aryl methyl sites for hydroxylation is 1. The van der Waals surface area contributed by atoms with Crippen LogP contribution < -0.4 is 22.1 Å². The summed E-state index contributed by atoms with van der Waals surface area (Å²) in [5, 5.41) is 21.3. The number of carbonyl (C=O) groups excluding carboxylic acids is 2. The van der Waals surface area contributed by atoms with Gasteiger partial charge in [0.2, 0.25) is 5.82 Å². The van der Waals surface area contributed by atoms with Crippen molar-refractivity contribution in [1.29, 1.82) is 0 Å². The minimum absolute atomic E-state index is 0.0374. The van der Waals surface area contributed by atoms with Gasteiger partial charge in [-0.05, 0) is 43.4 Å². The molecule has 20 heteroatoms. The lowest BCUT2D eigenvalue weighted by atomic mass is 9.90. The van der Waals surface area contributed by atoms with E-state index in [1.165, 1.54) is 0 Å². The fraction of sp³-hybridized carbons (Fsp3) is 0.424. The molecular formula is C33H39F6N7O7. The molecule has 1 amide bonds. The normalized spacial score (nSPS) is 16.1. The Labute approximate surface area is 299 Å². The van der Waals surface area contributed by atoms with Crippen molar-refractivity contribution < 1.29 is 60.5 Å². The molecule has 0 spiro atoms. The van der Waals surface area contributed by atoms with E-state index in [0.29, 0.717) is 11.3 Å². The van der Waals surface area contributed by atoms with Crippen LogP contribution in [-0.2, 0) is 25.7 Å². The molecular weight excluding hydrogens is 720 g/mol. The Bertz CT molecular complexity index is 1730. The van der Waals surface area contributed by atoms with Gasteiger partial charge in [-0.3, -0.25) is 4.79 Å². The Kier molecular flexibility index (Phi) is 15.8. The number of ether oxygens (including phenoxy) is 1. The molecule has 0 radical (unpaired) electrons. The van der Waals surface area contributed by atoms with Gasteiger partial charge < -0.3 is 37.1 Å². The molecule has 1 aromatic heterocycles. The average molecular weight is 760 g/mol. The van der Waals surface area contributed by atoms with Crippen molar-refractivity contribution in [1.82, 2.24) is 15.3 Å². The van der Waals surface area contributed by atoms with Crippen LogP contribution in [0.25, 0.3) is 10.9 Å². The van der Waals surface area contributed by atoms with Gasteiger partial charge in [-0.15, -0.1) is 0 Å². The number of carboxylic acids is 2. The highest BCUT2D eigenvalue weighted by Gasteiger charge is 2.39. The van der Waals surface area contributed by atoms with E-state index in [2.05, 4.69) is 25.6 Å². The number of aliphatic imine (C=N–C) groups is 1. The maximum atomic E-state index is 13.4. The van der Waals surface area contributed by atoms with Crippen molar-refractivity contribution in [2.24, 2.45) is 22.4 Å². The molecule has 3 aromatic rings. The van der Waals surface area contributed by atoms with E-state index in [1.54, 1.807) is 0 Å². The number of carboxylic acid groups (broad SMARTS) is 2. The molecule has 2 unspecified atom stereocenters. The number of rotatable bonds is 9. The molecule has 4 rings (SSSR count). The van der Waals surface area contributed by atoms with Crippen molar-refractivity contribution in [3.63, 3.8) is 0 Å². The largest absolute Gasteiger partial charge is 0.490 e. The Hall–Kier alpha value is -5.69. The van der Waals surface area contributed by atoms with Crippen LogP contribution in [0.3, 0.4) is 0 Å². The van der Waals surface area contributed by atoms with Gasteiger partial charge in [0.1, 0.15) is 18.5 Å². The number of aliphatic carboxylic acids is 2. The van der Waals surface area contributed by atoms with Crippen LogP contribution >= 0.6 is 0 Å². The van der Waals surface area contributed by atoms with E-state index in [0.717, 1.165) is 42.2 Å². The van der Waals surface area contributed by atoms with Crippen LogP contribution in [0.2, 0.25) is 0 Å². The molecule has 290 valence electrons. The van der Waals surface area contributed by atoms with Crippen molar-refractivity contribution in [3.8, 4) is 0 Å². The van der Waals surface area contributed by atoms with E-state index >= 15 is 0 Å². The molecule has 8 N–H and O–H groups in total. The first-order valence-electron chi connectivity index (χ1n) is 15.9. The molecule has 3 atom stereocenters. The van der Waals surface area contributed by atoms with Gasteiger partial charge in [0, 0.05) is 5.39 Å². The smallest absolute Gasteiger partial charge is 0.475 e. The van der Waals surface area contributed by atoms with Crippen LogP contribution in [0.1, 0.15) is 61.3 Å². The van der Waals surface area contributed by atoms with Gasteiger partial charge in [-0.25, -0.2) is 29.3 Å². The zero-order valence-electron chi connectivity index (χ0n) is 28.7. The zero-order valence-corrected chi connectivity index (χ0v) is 28.7. The zero-order chi connectivity index (χ0) is 40.1. The van der Waals surface area contributed by atoms with Crippen LogP contribution in [0, 0.1) is 12.8 Å². The highest BCUT2D eigenvalue weighted by Crippen LogP contribution is 2.28. The molecule has 0 aliphatic heterocycles. The maximum Gasteiger partial charge on any atom is 0.490 e. The maximum absolute atomic E-state index is 13.4. The predicted molar refractivity (Wildman–Crippen MR) is 179 cm³/mol. The fourth-order valence-electron chi connectivity index (χ4n) is 4.78. The summed E-state index contributed by atoms with van der Waals surface area (Å²) in [7, 11) is 0. The lowest BCUT2D eigenvalue weighted by Crippen LogP contribution is -2.45. The van der Waals surface area contributed by atoms with E-state index < -0.39 is 42.2 Å². The lowest BCUT2D eigenvalue weighted by molar-refractivity contribution is -0.193. The molecule has 1 saturated carbocycles. The van der Waals surface area contributed by atoms with Crippen LogP contribution in [0.4, 0.5) is 32.2 Å². The van der Waals surface area contributed by atoms with Gasteiger partial charge in [0.15, 0.2) is 5.96 Å². The Morgan fingerprint density at radius 2 is 1.49 bits per heavy atom. The molecule has 14 nitrogen and oxygen atoms in total. The van der Waals surface area contributed by atoms with Crippen LogP contribution in [-0.4, -0.2) is 80.4 Å². The first kappa shape index (κ1) is 43.5. The quantitative estimate of drug-likeness (QED) is 0.0755. The topological polar surface area (TPSA) is 232 Å². The third-order valence-corrected chi connectivity index (χ3v) is 7.34. The molecule has 0 saturated heterocycles. The van der Waals surface area contributed by atoms with Crippen LogP contribution in [0.5, 0.6) is 0 Å². The molecule has 1 aliphatic rings. The second-order valence-electron chi connectivity index (χ2n) is 12.0. The highest BCUT2D eigenvalue weighted by atomic mass is 19.4. The van der Waals surface area contributed by atoms with Crippen molar-refractivity contribution >= 4 is 46.5 Å². The SMILES string of the molecule is Cc1ccc2nc(C(=O)N[C@H](C(=O)OCc3ccccc3)C(C)C)nc(NC3CCCCC3N=C(N)N)c2c1.O=C(O)C(F)(F)F.O=C(O)C(F)(F)F. The number of nitrogens with zero attached hydrogens (tertiary/aromatic N) is 3. The second-order valence-corrected chi connectivity index (χ2v) is 12.0. The van der Waals surface area contributed by atoms with Gasteiger partial charge in [-0.1, -0.05) is 68.7 Å². The minimum atomic E-state index is -5.08. The van der Waals surface area contributed by atoms with Gasteiger partial charge in [-0.2, -0.15) is 26.3 Å². The lowest BCUT2D eigenvalue weighted by Gasteiger charge is -2.30. The first-order chi connectivity index (χ1) is 24.6. The van der Waals surface area contributed by atoms with E-state index in [9.17, 15) is 35.9 Å². The standard InChI is InChI=1S/C29H37N7O3.2C2HF3O2/c1-17(2)24(28(38)39-16-19-9-5-4-6-10-19)35-27(37)26-32-21-14-13-18(3)15-20(21)25(36-26)33-22-11-7-8-12-23(22)34-29(30)31;2*3-2(4,5)1(6)7/h4-6,9-10,13-15,17,22-24H,7-8,11-12,16H2,1-3H3,(H,35,37)(H4,30,31,34)(H,32,33,36);2*(H,6,7)/t22?,23?,24-;;/m0../s1. The number of anilines is 1. The summed E-state index contributed by atoms with van der Waals surface area (Å²) >= 11 is 0. The van der Waals surface area contributed by atoms with Gasteiger partial charge >= 0.3 is 30.3 Å². The third-order valence-electron chi connectivity index (χ3n) is 7.34. The Balaban J connectivity index is 0.000000587. The van der Waals surface area contributed by atoms with E-state index in [4.69, 9.17) is 36.0 Å². The number of benzene rings is 2.